The number of furan rings is 1. The molecule has 0 aliphatic carbocycles. The molecule has 1 aromatic carbocycles. The summed E-state index contributed by atoms with van der Waals surface area (Å²) < 4.78 is 5.14. The highest BCUT2D eigenvalue weighted by Gasteiger charge is 2.14. The molecule has 0 spiro atoms. The first kappa shape index (κ1) is 18.1. The first-order valence-electron chi connectivity index (χ1n) is 7.69. The highest BCUT2D eigenvalue weighted by molar-refractivity contribution is 8.00. The van der Waals surface area contributed by atoms with E-state index in [9.17, 15) is 9.59 Å². The van der Waals surface area contributed by atoms with Crippen LogP contribution >= 0.6 is 11.8 Å². The Morgan fingerprint density at radius 3 is 2.71 bits per heavy atom. The Morgan fingerprint density at radius 1 is 1.25 bits per heavy atom. The van der Waals surface area contributed by atoms with Crippen LogP contribution < -0.4 is 5.32 Å². The third-order valence-electron chi connectivity index (χ3n) is 3.53. The maximum Gasteiger partial charge on any atom is 0.239 e. The van der Waals surface area contributed by atoms with Crippen molar-refractivity contribution in [2.24, 2.45) is 0 Å². The van der Waals surface area contributed by atoms with Gasteiger partial charge in [0.25, 0.3) is 0 Å². The molecule has 0 aliphatic heterocycles. The summed E-state index contributed by atoms with van der Waals surface area (Å²) in [5.41, 5.74) is 2.36. The highest BCUT2D eigenvalue weighted by atomic mass is 32.2. The lowest BCUT2D eigenvalue weighted by atomic mass is 10.2. The second-order valence-electron chi connectivity index (χ2n) is 5.66. The Balaban J connectivity index is 1.75. The Kier molecular flexibility index (Phi) is 6.49. The smallest absolute Gasteiger partial charge is 0.239 e. The van der Waals surface area contributed by atoms with Gasteiger partial charge in [-0.05, 0) is 37.6 Å². The van der Waals surface area contributed by atoms with Crippen LogP contribution in [0.4, 0.5) is 0 Å². The molecule has 24 heavy (non-hydrogen) atoms. The molecule has 0 saturated carbocycles. The van der Waals surface area contributed by atoms with Gasteiger partial charge in [0.1, 0.15) is 5.76 Å². The summed E-state index contributed by atoms with van der Waals surface area (Å²) in [5.74, 6) is 0.709. The zero-order chi connectivity index (χ0) is 17.5. The second kappa shape index (κ2) is 8.59. The average Bonchev–Trinajstić information content (AvgIpc) is 3.05. The SMILES string of the molecule is Cc1ccc(SCC(=O)N(C)CC(=O)NCc2ccco2)c(C)c1. The van der Waals surface area contributed by atoms with E-state index in [4.69, 9.17) is 4.42 Å². The van der Waals surface area contributed by atoms with Crippen LogP contribution in [0.1, 0.15) is 16.9 Å². The van der Waals surface area contributed by atoms with Crippen LogP contribution in [0.15, 0.2) is 45.9 Å². The summed E-state index contributed by atoms with van der Waals surface area (Å²) in [7, 11) is 1.64. The zero-order valence-corrected chi connectivity index (χ0v) is 15.0. The normalized spacial score (nSPS) is 10.5. The van der Waals surface area contributed by atoms with E-state index in [-0.39, 0.29) is 18.4 Å². The van der Waals surface area contributed by atoms with Crippen molar-refractivity contribution in [1.82, 2.24) is 10.2 Å². The van der Waals surface area contributed by atoms with Crippen molar-refractivity contribution in [1.29, 1.82) is 0 Å². The van der Waals surface area contributed by atoms with Crippen LogP contribution in [-0.2, 0) is 16.1 Å². The second-order valence-corrected chi connectivity index (χ2v) is 6.68. The summed E-state index contributed by atoms with van der Waals surface area (Å²) in [5, 5.41) is 2.73. The molecule has 2 rings (SSSR count). The molecule has 0 saturated heterocycles. The minimum absolute atomic E-state index is 0.0347. The average molecular weight is 346 g/mol. The van der Waals surface area contributed by atoms with E-state index in [1.165, 1.54) is 22.2 Å². The number of amides is 2. The van der Waals surface area contributed by atoms with Gasteiger partial charge in [-0.25, -0.2) is 0 Å². The van der Waals surface area contributed by atoms with E-state index in [0.29, 0.717) is 18.1 Å². The number of nitrogens with zero attached hydrogens (tertiary/aromatic N) is 1. The van der Waals surface area contributed by atoms with Gasteiger partial charge in [0, 0.05) is 11.9 Å². The zero-order valence-electron chi connectivity index (χ0n) is 14.2. The molecule has 128 valence electrons. The molecule has 2 aromatic rings. The number of likely N-dealkylation sites (N-methyl/N-ethyl adjacent to an activating group) is 1. The molecule has 1 N–H and O–H groups in total. The van der Waals surface area contributed by atoms with Crippen LogP contribution in [0.2, 0.25) is 0 Å². The van der Waals surface area contributed by atoms with Crippen molar-refractivity contribution >= 4 is 23.6 Å². The molecule has 2 amide bonds. The van der Waals surface area contributed by atoms with Crippen molar-refractivity contribution in [2.45, 2.75) is 25.3 Å². The molecule has 0 fully saturated rings. The topological polar surface area (TPSA) is 62.6 Å². The summed E-state index contributed by atoms with van der Waals surface area (Å²) in [4.78, 5) is 26.6. The fourth-order valence-corrected chi connectivity index (χ4v) is 3.12. The maximum atomic E-state index is 12.2. The van der Waals surface area contributed by atoms with Crippen LogP contribution in [0.5, 0.6) is 0 Å². The van der Waals surface area contributed by atoms with Gasteiger partial charge in [-0.1, -0.05) is 17.7 Å². The highest BCUT2D eigenvalue weighted by Crippen LogP contribution is 2.23. The lowest BCUT2D eigenvalue weighted by Crippen LogP contribution is -2.38. The van der Waals surface area contributed by atoms with Crippen LogP contribution in [0.25, 0.3) is 0 Å². The molecule has 1 heterocycles. The summed E-state index contributed by atoms with van der Waals surface area (Å²) >= 11 is 1.49. The van der Waals surface area contributed by atoms with Crippen molar-refractivity contribution in [2.75, 3.05) is 19.3 Å². The Morgan fingerprint density at radius 2 is 2.04 bits per heavy atom. The predicted octanol–water partition coefficient (Wildman–Crippen LogP) is 2.76. The number of thioether (sulfide) groups is 1. The molecule has 6 heteroatoms. The lowest BCUT2D eigenvalue weighted by Gasteiger charge is -2.16. The molecule has 0 unspecified atom stereocenters. The number of carbonyl (C=O) groups excluding carboxylic acids is 2. The van der Waals surface area contributed by atoms with Gasteiger partial charge in [0.2, 0.25) is 11.8 Å². The van der Waals surface area contributed by atoms with E-state index < -0.39 is 0 Å². The Hall–Kier alpha value is -2.21. The molecular weight excluding hydrogens is 324 g/mol. The van der Waals surface area contributed by atoms with Gasteiger partial charge in [-0.15, -0.1) is 11.8 Å². The molecule has 0 radical (unpaired) electrons. The van der Waals surface area contributed by atoms with Gasteiger partial charge in [-0.2, -0.15) is 0 Å². The first-order valence-corrected chi connectivity index (χ1v) is 8.67. The fraction of sp³-hybridized carbons (Fsp3) is 0.333. The maximum absolute atomic E-state index is 12.2. The fourth-order valence-electron chi connectivity index (χ4n) is 2.17. The molecule has 0 atom stereocenters. The van der Waals surface area contributed by atoms with E-state index in [1.54, 1.807) is 25.4 Å². The lowest BCUT2D eigenvalue weighted by molar-refractivity contribution is -0.132. The monoisotopic (exact) mass is 346 g/mol. The molecule has 5 nitrogen and oxygen atoms in total. The number of hydrogen-bond acceptors (Lipinski definition) is 4. The largest absolute Gasteiger partial charge is 0.467 e. The van der Waals surface area contributed by atoms with Crippen molar-refractivity contribution in [3.8, 4) is 0 Å². The Bertz CT molecular complexity index is 698. The summed E-state index contributed by atoms with van der Waals surface area (Å²) in [6, 6.07) is 9.71. The van der Waals surface area contributed by atoms with Crippen molar-refractivity contribution in [3.05, 3.63) is 53.5 Å². The number of hydrogen-bond donors (Lipinski definition) is 1. The quantitative estimate of drug-likeness (QED) is 0.783. The van der Waals surface area contributed by atoms with Crippen LogP contribution in [0, 0.1) is 13.8 Å². The summed E-state index contributed by atoms with van der Waals surface area (Å²) in [6.45, 7) is 4.44. The van der Waals surface area contributed by atoms with Crippen LogP contribution in [-0.4, -0.2) is 36.1 Å². The summed E-state index contributed by atoms with van der Waals surface area (Å²) in [6.07, 6.45) is 1.56. The minimum atomic E-state index is -0.209. The van der Waals surface area contributed by atoms with Crippen molar-refractivity contribution < 1.29 is 14.0 Å². The standard InChI is InChI=1S/C18H22N2O3S/c1-13-6-7-16(14(2)9-13)24-12-18(22)20(3)11-17(21)19-10-15-5-4-8-23-15/h4-9H,10-12H2,1-3H3,(H,19,21). The van der Waals surface area contributed by atoms with E-state index >= 15 is 0 Å². The van der Waals surface area contributed by atoms with E-state index in [2.05, 4.69) is 11.4 Å². The minimum Gasteiger partial charge on any atom is -0.467 e. The van der Waals surface area contributed by atoms with Gasteiger partial charge < -0.3 is 14.6 Å². The predicted molar refractivity (Wildman–Crippen MR) is 94.8 cm³/mol. The number of carbonyl (C=O) groups is 2. The van der Waals surface area contributed by atoms with Gasteiger partial charge in [-0.3, -0.25) is 9.59 Å². The molecule has 0 aliphatic rings. The van der Waals surface area contributed by atoms with Gasteiger partial charge in [0.15, 0.2) is 0 Å². The van der Waals surface area contributed by atoms with E-state index in [0.717, 1.165) is 10.5 Å². The first-order chi connectivity index (χ1) is 11.5. The number of rotatable bonds is 7. The molecule has 1 aromatic heterocycles. The van der Waals surface area contributed by atoms with Crippen LogP contribution in [0.3, 0.4) is 0 Å². The van der Waals surface area contributed by atoms with E-state index in [1.807, 2.05) is 26.0 Å². The third kappa shape index (κ3) is 5.45. The Labute approximate surface area is 146 Å². The van der Waals surface area contributed by atoms with Crippen molar-refractivity contribution in [3.63, 3.8) is 0 Å². The number of nitrogens with one attached hydrogen (secondary N) is 1. The molecule has 0 bridgehead atoms. The third-order valence-corrected chi connectivity index (χ3v) is 4.69. The van der Waals surface area contributed by atoms with Gasteiger partial charge in [0.05, 0.1) is 25.1 Å². The van der Waals surface area contributed by atoms with Gasteiger partial charge >= 0.3 is 0 Å². The number of benzene rings is 1. The number of aryl methyl sites for hydroxylation is 2. The molecular formula is C18H22N2O3S.